The van der Waals surface area contributed by atoms with Gasteiger partial charge in [-0.2, -0.15) is 0 Å². The van der Waals surface area contributed by atoms with E-state index in [1.807, 2.05) is 13.8 Å². The average Bonchev–Trinajstić information content (AvgIpc) is 2.83. The fraction of sp³-hybridized carbons (Fsp3) is 0.467. The molecule has 0 amide bonds. The number of hydrogen-bond donors (Lipinski definition) is 1. The second-order valence-corrected chi connectivity index (χ2v) is 10.8. The SMILES string of the molecule is Cc1ccc(-c2nnc(N(CCCCOCC(C)(C)CC(=O)O)C(C)C)nc2-c2ccc(C)cc2)cc1. The molecule has 3 aromatic rings. The smallest absolute Gasteiger partial charge is 0.303 e. The van der Waals surface area contributed by atoms with E-state index < -0.39 is 5.97 Å². The molecular weight excluding hydrogens is 464 g/mol. The van der Waals surface area contributed by atoms with Crippen LogP contribution in [0.1, 0.15) is 58.1 Å². The summed E-state index contributed by atoms with van der Waals surface area (Å²) in [6, 6.07) is 16.8. The first-order valence-electron chi connectivity index (χ1n) is 13.0. The Morgan fingerprint density at radius 3 is 2.03 bits per heavy atom. The van der Waals surface area contributed by atoms with Crippen molar-refractivity contribution in [3.8, 4) is 22.5 Å². The minimum absolute atomic E-state index is 0.0976. The molecule has 0 radical (unpaired) electrons. The maximum atomic E-state index is 11.0. The Morgan fingerprint density at radius 2 is 1.49 bits per heavy atom. The maximum Gasteiger partial charge on any atom is 0.303 e. The lowest BCUT2D eigenvalue weighted by atomic mass is 9.91. The minimum Gasteiger partial charge on any atom is -0.481 e. The van der Waals surface area contributed by atoms with Crippen LogP contribution < -0.4 is 4.90 Å². The van der Waals surface area contributed by atoms with E-state index in [4.69, 9.17) is 14.8 Å². The number of ether oxygens (including phenoxy) is 1. The first kappa shape index (κ1) is 28.3. The third kappa shape index (κ3) is 8.35. The molecule has 7 heteroatoms. The van der Waals surface area contributed by atoms with Gasteiger partial charge in [0.1, 0.15) is 11.4 Å². The Kier molecular flexibility index (Phi) is 9.75. The van der Waals surface area contributed by atoms with Crippen molar-refractivity contribution in [3.05, 3.63) is 59.7 Å². The molecule has 0 atom stereocenters. The molecule has 0 bridgehead atoms. The molecule has 2 aromatic carbocycles. The second kappa shape index (κ2) is 12.8. The molecule has 0 fully saturated rings. The van der Waals surface area contributed by atoms with Crippen LogP contribution in [0.4, 0.5) is 5.95 Å². The summed E-state index contributed by atoms with van der Waals surface area (Å²) in [6.07, 6.45) is 1.87. The molecule has 198 valence electrons. The van der Waals surface area contributed by atoms with Crippen LogP contribution in [0, 0.1) is 19.3 Å². The molecule has 0 unspecified atom stereocenters. The van der Waals surface area contributed by atoms with Crippen LogP contribution in [0.25, 0.3) is 22.5 Å². The van der Waals surface area contributed by atoms with E-state index in [0.29, 0.717) is 19.2 Å². The van der Waals surface area contributed by atoms with E-state index in [1.54, 1.807) is 0 Å². The number of hydrogen-bond acceptors (Lipinski definition) is 6. The summed E-state index contributed by atoms with van der Waals surface area (Å²) in [4.78, 5) is 18.2. The minimum atomic E-state index is -0.798. The number of carbonyl (C=O) groups is 1. The van der Waals surface area contributed by atoms with E-state index >= 15 is 0 Å². The lowest BCUT2D eigenvalue weighted by Gasteiger charge is -2.27. The van der Waals surface area contributed by atoms with Crippen LogP contribution in [-0.4, -0.2) is 52.1 Å². The lowest BCUT2D eigenvalue weighted by molar-refractivity contribution is -0.140. The van der Waals surface area contributed by atoms with Gasteiger partial charge < -0.3 is 14.7 Å². The third-order valence-electron chi connectivity index (χ3n) is 6.27. The molecule has 1 N–H and O–H groups in total. The molecule has 1 aromatic heterocycles. The van der Waals surface area contributed by atoms with Gasteiger partial charge in [-0.3, -0.25) is 4.79 Å². The zero-order valence-electron chi connectivity index (χ0n) is 23.0. The van der Waals surface area contributed by atoms with Gasteiger partial charge in [0.05, 0.1) is 13.0 Å². The van der Waals surface area contributed by atoms with Gasteiger partial charge >= 0.3 is 5.97 Å². The van der Waals surface area contributed by atoms with Crippen LogP contribution in [0.5, 0.6) is 0 Å². The summed E-state index contributed by atoms with van der Waals surface area (Å²) in [7, 11) is 0. The van der Waals surface area contributed by atoms with E-state index in [-0.39, 0.29) is 17.9 Å². The highest BCUT2D eigenvalue weighted by Gasteiger charge is 2.22. The highest BCUT2D eigenvalue weighted by Crippen LogP contribution is 2.30. The molecule has 0 saturated heterocycles. The van der Waals surface area contributed by atoms with Crippen molar-refractivity contribution in [1.29, 1.82) is 0 Å². The van der Waals surface area contributed by atoms with Crippen LogP contribution >= 0.6 is 0 Å². The summed E-state index contributed by atoms with van der Waals surface area (Å²) in [5, 5.41) is 18.2. The first-order valence-corrected chi connectivity index (χ1v) is 13.0. The second-order valence-electron chi connectivity index (χ2n) is 10.8. The normalized spacial score (nSPS) is 11.6. The molecule has 0 saturated carbocycles. The zero-order chi connectivity index (χ0) is 27.0. The number of aliphatic carboxylic acids is 1. The van der Waals surface area contributed by atoms with Crippen molar-refractivity contribution in [3.63, 3.8) is 0 Å². The van der Waals surface area contributed by atoms with Crippen LogP contribution in [0.3, 0.4) is 0 Å². The number of aromatic nitrogens is 3. The molecule has 1 heterocycles. The van der Waals surface area contributed by atoms with Gasteiger partial charge in [0, 0.05) is 30.3 Å². The van der Waals surface area contributed by atoms with E-state index in [0.717, 1.165) is 41.9 Å². The van der Waals surface area contributed by atoms with Gasteiger partial charge in [0.2, 0.25) is 5.95 Å². The molecule has 37 heavy (non-hydrogen) atoms. The van der Waals surface area contributed by atoms with Crippen molar-refractivity contribution in [2.45, 2.75) is 66.8 Å². The molecule has 7 nitrogen and oxygen atoms in total. The van der Waals surface area contributed by atoms with Gasteiger partial charge in [-0.25, -0.2) is 4.98 Å². The summed E-state index contributed by atoms with van der Waals surface area (Å²) < 4.78 is 5.78. The summed E-state index contributed by atoms with van der Waals surface area (Å²) in [5.74, 6) is -0.182. The predicted octanol–water partition coefficient (Wildman–Crippen LogP) is 6.33. The highest BCUT2D eigenvalue weighted by atomic mass is 16.5. The van der Waals surface area contributed by atoms with E-state index in [2.05, 4.69) is 91.3 Å². The Bertz CT molecular complexity index is 1160. The molecule has 0 aliphatic carbocycles. The van der Waals surface area contributed by atoms with E-state index in [9.17, 15) is 4.79 Å². The quantitative estimate of drug-likeness (QED) is 0.272. The van der Waals surface area contributed by atoms with Crippen molar-refractivity contribution in [2.24, 2.45) is 5.41 Å². The summed E-state index contributed by atoms with van der Waals surface area (Å²) in [5.41, 5.74) is 5.61. The fourth-order valence-electron chi connectivity index (χ4n) is 4.14. The third-order valence-corrected chi connectivity index (χ3v) is 6.27. The monoisotopic (exact) mass is 504 g/mol. The van der Waals surface area contributed by atoms with Crippen LogP contribution in [0.15, 0.2) is 48.5 Å². The van der Waals surface area contributed by atoms with Gasteiger partial charge in [0.25, 0.3) is 0 Å². The number of carboxylic acid groups (broad SMARTS) is 1. The topological polar surface area (TPSA) is 88.4 Å². The molecule has 0 spiro atoms. The molecule has 0 aliphatic rings. The zero-order valence-corrected chi connectivity index (χ0v) is 23.0. The standard InChI is InChI=1S/C30H40N4O3/c1-21(2)34(17-7-8-18-37-20-30(5,6)19-26(35)36)29-31-27(24-13-9-22(3)10-14-24)28(32-33-29)25-15-11-23(4)12-16-25/h9-16,21H,7-8,17-20H2,1-6H3,(H,35,36). The largest absolute Gasteiger partial charge is 0.481 e. The number of benzene rings is 2. The molecule has 0 aliphatic heterocycles. The Balaban J connectivity index is 1.75. The maximum absolute atomic E-state index is 11.0. The van der Waals surface area contributed by atoms with Crippen LogP contribution in [-0.2, 0) is 9.53 Å². The van der Waals surface area contributed by atoms with Crippen molar-refractivity contribution < 1.29 is 14.6 Å². The average molecular weight is 505 g/mol. The van der Waals surface area contributed by atoms with Crippen molar-refractivity contribution >= 4 is 11.9 Å². The number of aryl methyl sites for hydroxylation is 2. The Labute approximate surface area is 220 Å². The predicted molar refractivity (Wildman–Crippen MR) is 149 cm³/mol. The highest BCUT2D eigenvalue weighted by molar-refractivity contribution is 5.78. The van der Waals surface area contributed by atoms with Crippen molar-refractivity contribution in [2.75, 3.05) is 24.7 Å². The fourth-order valence-corrected chi connectivity index (χ4v) is 4.14. The number of unbranched alkanes of at least 4 members (excludes halogenated alkanes) is 1. The van der Waals surface area contributed by atoms with Crippen LogP contribution in [0.2, 0.25) is 0 Å². The number of rotatable bonds is 13. The number of anilines is 1. The number of nitrogens with zero attached hydrogens (tertiary/aromatic N) is 4. The Hall–Kier alpha value is -3.32. The summed E-state index contributed by atoms with van der Waals surface area (Å²) in [6.45, 7) is 14.0. The van der Waals surface area contributed by atoms with Gasteiger partial charge in [-0.15, -0.1) is 10.2 Å². The van der Waals surface area contributed by atoms with Crippen molar-refractivity contribution in [1.82, 2.24) is 15.2 Å². The lowest BCUT2D eigenvalue weighted by Crippen LogP contribution is -2.34. The molecule has 3 rings (SSSR count). The van der Waals surface area contributed by atoms with Gasteiger partial charge in [-0.05, 0) is 46.0 Å². The number of carboxylic acids is 1. The first-order chi connectivity index (χ1) is 17.6. The van der Waals surface area contributed by atoms with Gasteiger partial charge in [0.15, 0.2) is 0 Å². The van der Waals surface area contributed by atoms with E-state index in [1.165, 1.54) is 11.1 Å². The summed E-state index contributed by atoms with van der Waals surface area (Å²) >= 11 is 0. The molecular formula is C30H40N4O3. The van der Waals surface area contributed by atoms with Gasteiger partial charge in [-0.1, -0.05) is 73.5 Å². The Morgan fingerprint density at radius 1 is 0.919 bits per heavy atom.